The van der Waals surface area contributed by atoms with Crippen LogP contribution in [0.2, 0.25) is 10.0 Å². The maximum Gasteiger partial charge on any atom is 0.274 e. The largest absolute Gasteiger partial charge is 0.490 e. The van der Waals surface area contributed by atoms with Gasteiger partial charge in [-0.3, -0.25) is 4.79 Å². The van der Waals surface area contributed by atoms with Crippen LogP contribution in [-0.4, -0.2) is 16.0 Å². The summed E-state index contributed by atoms with van der Waals surface area (Å²) in [5, 5.41) is 0.966. The van der Waals surface area contributed by atoms with E-state index in [0.29, 0.717) is 48.7 Å². The van der Waals surface area contributed by atoms with Crippen molar-refractivity contribution in [3.05, 3.63) is 95.1 Å². The molecule has 0 saturated carbocycles. The molecule has 0 saturated heterocycles. The van der Waals surface area contributed by atoms with E-state index in [0.717, 1.165) is 22.2 Å². The van der Waals surface area contributed by atoms with Gasteiger partial charge in [0.05, 0.1) is 36.7 Å². The third-order valence-corrected chi connectivity index (χ3v) is 7.44. The topological polar surface area (TPSA) is 52.8 Å². The lowest BCUT2D eigenvalue weighted by Gasteiger charge is -2.15. The first kappa shape index (κ1) is 23.2. The van der Waals surface area contributed by atoms with Gasteiger partial charge in [-0.15, -0.1) is 0 Å². The Bertz CT molecular complexity index is 1650. The number of hydrogen-bond donors (Lipinski definition) is 0. The third kappa shape index (κ3) is 4.41. The highest BCUT2D eigenvalue weighted by atomic mass is 79.9. The highest BCUT2D eigenvalue weighted by Crippen LogP contribution is 2.38. The number of halogens is 3. The van der Waals surface area contributed by atoms with Crippen molar-refractivity contribution in [2.45, 2.75) is 13.5 Å². The zero-order valence-corrected chi connectivity index (χ0v) is 21.8. The summed E-state index contributed by atoms with van der Waals surface area (Å²) in [4.78, 5) is 18.3. The van der Waals surface area contributed by atoms with Gasteiger partial charge in [-0.25, -0.2) is 9.38 Å². The molecular weight excluding hydrogens is 559 g/mol. The molecule has 0 fully saturated rings. The van der Waals surface area contributed by atoms with Gasteiger partial charge < -0.3 is 9.47 Å². The first-order valence-corrected chi connectivity index (χ1v) is 12.8. The lowest BCUT2D eigenvalue weighted by atomic mass is 10.2. The number of benzene rings is 3. The van der Waals surface area contributed by atoms with Crippen LogP contribution in [0.25, 0.3) is 22.1 Å². The number of nitrogens with zero attached hydrogens (tertiary/aromatic N) is 2. The van der Waals surface area contributed by atoms with Crippen molar-refractivity contribution in [2.24, 2.45) is 0 Å². The lowest BCUT2D eigenvalue weighted by molar-refractivity contribution is 0.267. The Balaban J connectivity index is 1.51. The molecule has 0 spiro atoms. The predicted octanol–water partition coefficient (Wildman–Crippen LogP) is 6.50. The molecule has 5 aromatic rings. The van der Waals surface area contributed by atoms with Gasteiger partial charge in [0.1, 0.15) is 6.61 Å². The highest BCUT2D eigenvalue weighted by molar-refractivity contribution is 9.10. The smallest absolute Gasteiger partial charge is 0.274 e. The van der Waals surface area contributed by atoms with E-state index >= 15 is 0 Å². The first-order chi connectivity index (χ1) is 16.4. The molecule has 0 aliphatic heterocycles. The summed E-state index contributed by atoms with van der Waals surface area (Å²) in [5.74, 6) is 1.14. The minimum Gasteiger partial charge on any atom is -0.490 e. The van der Waals surface area contributed by atoms with Crippen molar-refractivity contribution in [1.29, 1.82) is 0 Å². The van der Waals surface area contributed by atoms with Gasteiger partial charge in [-0.1, -0.05) is 52.7 Å². The van der Waals surface area contributed by atoms with Crippen LogP contribution in [0.1, 0.15) is 18.1 Å². The molecule has 5 rings (SSSR count). The molecule has 2 aromatic heterocycles. The zero-order valence-electron chi connectivity index (χ0n) is 17.8. The quantitative estimate of drug-likeness (QED) is 0.232. The number of rotatable bonds is 6. The number of hydrogen-bond acceptors (Lipinski definition) is 5. The summed E-state index contributed by atoms with van der Waals surface area (Å²) in [6.45, 7) is 2.66. The molecule has 3 aromatic carbocycles. The average Bonchev–Trinajstić information content (AvgIpc) is 3.32. The van der Waals surface area contributed by atoms with E-state index in [1.165, 1.54) is 11.3 Å². The Hall–Kier alpha value is -2.58. The van der Waals surface area contributed by atoms with Crippen LogP contribution < -0.4 is 19.6 Å². The molecule has 0 atom stereocenters. The number of ether oxygens (including phenoxy) is 2. The summed E-state index contributed by atoms with van der Waals surface area (Å²) in [5.41, 5.74) is 3.21. The van der Waals surface area contributed by atoms with Gasteiger partial charge in [-0.2, -0.15) is 0 Å². The van der Waals surface area contributed by atoms with Crippen molar-refractivity contribution in [1.82, 2.24) is 9.38 Å². The van der Waals surface area contributed by atoms with Crippen LogP contribution in [0.5, 0.6) is 11.5 Å². The van der Waals surface area contributed by atoms with E-state index in [-0.39, 0.29) is 5.56 Å². The van der Waals surface area contributed by atoms with E-state index in [2.05, 4.69) is 20.9 Å². The predicted molar refractivity (Wildman–Crippen MR) is 142 cm³/mol. The maximum atomic E-state index is 13.1. The number of thiazole rings is 1. The van der Waals surface area contributed by atoms with Crippen molar-refractivity contribution in [3.63, 3.8) is 0 Å². The van der Waals surface area contributed by atoms with Crippen LogP contribution in [-0.2, 0) is 6.61 Å². The van der Waals surface area contributed by atoms with Gasteiger partial charge in [0.15, 0.2) is 16.5 Å². The number of imidazole rings is 1. The fraction of sp³-hybridized carbons (Fsp3) is 0.120. The molecule has 172 valence electrons. The van der Waals surface area contributed by atoms with Gasteiger partial charge in [0, 0.05) is 0 Å². The van der Waals surface area contributed by atoms with Crippen LogP contribution in [0.4, 0.5) is 0 Å². The van der Waals surface area contributed by atoms with Gasteiger partial charge in [0.25, 0.3) is 5.56 Å². The van der Waals surface area contributed by atoms with E-state index in [1.807, 2.05) is 55.5 Å². The Morgan fingerprint density at radius 3 is 2.71 bits per heavy atom. The second kappa shape index (κ2) is 9.58. The van der Waals surface area contributed by atoms with Crippen LogP contribution in [0.15, 0.2) is 63.9 Å². The molecular formula is C25H17BrCl2N2O3S. The van der Waals surface area contributed by atoms with Gasteiger partial charge >= 0.3 is 0 Å². The first-order valence-electron chi connectivity index (χ1n) is 10.4. The Kier molecular flexibility index (Phi) is 6.53. The van der Waals surface area contributed by atoms with Crippen LogP contribution in [0, 0.1) is 0 Å². The molecule has 9 heteroatoms. The molecule has 0 unspecified atom stereocenters. The molecule has 0 aliphatic rings. The van der Waals surface area contributed by atoms with Crippen molar-refractivity contribution in [2.75, 3.05) is 6.61 Å². The highest BCUT2D eigenvalue weighted by Gasteiger charge is 2.14. The number of para-hydroxylation sites is 2. The summed E-state index contributed by atoms with van der Waals surface area (Å²) < 4.78 is 14.9. The van der Waals surface area contributed by atoms with E-state index in [9.17, 15) is 4.79 Å². The molecule has 34 heavy (non-hydrogen) atoms. The van der Waals surface area contributed by atoms with Gasteiger partial charge in [-0.05, 0) is 76.5 Å². The number of fused-ring (bicyclic) bond motifs is 3. The minimum atomic E-state index is -0.0947. The fourth-order valence-electron chi connectivity index (χ4n) is 3.62. The average molecular weight is 576 g/mol. The summed E-state index contributed by atoms with van der Waals surface area (Å²) in [6, 6.07) is 16.7. The van der Waals surface area contributed by atoms with Crippen molar-refractivity contribution >= 4 is 72.5 Å². The van der Waals surface area contributed by atoms with Crippen molar-refractivity contribution in [3.8, 4) is 11.5 Å². The molecule has 0 radical (unpaired) electrons. The van der Waals surface area contributed by atoms with Crippen LogP contribution >= 0.6 is 50.5 Å². The molecule has 2 heterocycles. The summed E-state index contributed by atoms with van der Waals surface area (Å²) in [6.07, 6.45) is 1.84. The SMILES string of the molecule is CCOc1cc(C=c2sc3nc4ccccc4n3c2=O)cc(Br)c1OCc1ccc(Cl)c(Cl)c1. The zero-order chi connectivity index (χ0) is 23.8. The molecule has 0 amide bonds. The maximum absolute atomic E-state index is 13.1. The molecule has 0 N–H and O–H groups in total. The monoisotopic (exact) mass is 574 g/mol. The molecule has 0 aliphatic carbocycles. The molecule has 0 bridgehead atoms. The van der Waals surface area contributed by atoms with E-state index in [1.54, 1.807) is 16.5 Å². The lowest BCUT2D eigenvalue weighted by Crippen LogP contribution is -2.22. The summed E-state index contributed by atoms with van der Waals surface area (Å²) >= 11 is 17.1. The summed E-state index contributed by atoms with van der Waals surface area (Å²) in [7, 11) is 0. The molecule has 5 nitrogen and oxygen atoms in total. The Labute approximate surface area is 217 Å². The van der Waals surface area contributed by atoms with Gasteiger partial charge in [0.2, 0.25) is 0 Å². The fourth-order valence-corrected chi connectivity index (χ4v) is 5.50. The minimum absolute atomic E-state index is 0.0947. The van der Waals surface area contributed by atoms with Crippen LogP contribution in [0.3, 0.4) is 0 Å². The second-order valence-electron chi connectivity index (χ2n) is 7.43. The van der Waals surface area contributed by atoms with E-state index in [4.69, 9.17) is 32.7 Å². The normalized spacial score (nSPS) is 12.1. The second-order valence-corrected chi connectivity index (χ2v) is 10.1. The number of aromatic nitrogens is 2. The van der Waals surface area contributed by atoms with Crippen molar-refractivity contribution < 1.29 is 9.47 Å². The third-order valence-electron chi connectivity index (χ3n) is 5.14. The Morgan fingerprint density at radius 1 is 1.09 bits per heavy atom. The Morgan fingerprint density at radius 2 is 1.91 bits per heavy atom. The van der Waals surface area contributed by atoms with E-state index < -0.39 is 0 Å². The standard InChI is InChI=1S/C25H17BrCl2N2O3S/c1-2-32-21-11-15(9-16(26)23(21)33-13-14-7-8-17(27)18(28)10-14)12-22-24(31)30-20-6-4-3-5-19(20)29-25(30)34-22/h3-12H,2,13H2,1H3.